The van der Waals surface area contributed by atoms with E-state index in [4.69, 9.17) is 8.94 Å². The number of hydrogen-bond donors (Lipinski definition) is 1. The summed E-state index contributed by atoms with van der Waals surface area (Å²) in [5.74, 6) is 2.04. The summed E-state index contributed by atoms with van der Waals surface area (Å²) in [7, 11) is 0. The van der Waals surface area contributed by atoms with Gasteiger partial charge in [0, 0.05) is 18.4 Å². The molecule has 0 bridgehead atoms. The molecule has 0 radical (unpaired) electrons. The molecule has 3 aromatic rings. The van der Waals surface area contributed by atoms with Crippen molar-refractivity contribution in [3.63, 3.8) is 0 Å². The second-order valence-electron chi connectivity index (χ2n) is 5.95. The minimum atomic E-state index is -0.332. The zero-order chi connectivity index (χ0) is 17.8. The van der Waals surface area contributed by atoms with Crippen LogP contribution in [0.2, 0.25) is 0 Å². The van der Waals surface area contributed by atoms with Gasteiger partial charge in [0.1, 0.15) is 6.04 Å². The van der Waals surface area contributed by atoms with Crippen molar-refractivity contribution < 1.29 is 13.7 Å². The molecule has 1 N–H and O–H groups in total. The molecule has 0 spiro atoms. The van der Waals surface area contributed by atoms with Gasteiger partial charge in [-0.2, -0.15) is 4.98 Å². The summed E-state index contributed by atoms with van der Waals surface area (Å²) in [6, 6.07) is 7.68. The Morgan fingerprint density at radius 1 is 1.24 bits per heavy atom. The summed E-state index contributed by atoms with van der Waals surface area (Å²) in [6.45, 7) is 5.56. The topological polar surface area (TPSA) is 94.1 Å². The van der Waals surface area contributed by atoms with Crippen molar-refractivity contribution in [2.75, 3.05) is 0 Å². The average molecular weight is 340 g/mol. The Morgan fingerprint density at radius 3 is 2.68 bits per heavy atom. The first kappa shape index (κ1) is 16.9. The Labute approximate surface area is 145 Å². The average Bonchev–Trinajstić information content (AvgIpc) is 3.23. The molecule has 3 rings (SSSR count). The van der Waals surface area contributed by atoms with Gasteiger partial charge in [-0.3, -0.25) is 4.79 Å². The maximum atomic E-state index is 12.1. The molecular formula is C18H20N4O3. The molecular weight excluding hydrogens is 320 g/mol. The van der Waals surface area contributed by atoms with Gasteiger partial charge in [0.15, 0.2) is 17.5 Å². The number of aromatic nitrogens is 3. The van der Waals surface area contributed by atoms with Crippen LogP contribution in [0.3, 0.4) is 0 Å². The first-order valence-corrected chi connectivity index (χ1v) is 8.12. The molecule has 1 amide bonds. The fraction of sp³-hybridized carbons (Fsp3) is 0.333. The van der Waals surface area contributed by atoms with Gasteiger partial charge < -0.3 is 14.3 Å². The Morgan fingerprint density at radius 2 is 2.00 bits per heavy atom. The van der Waals surface area contributed by atoms with Crippen LogP contribution in [-0.4, -0.2) is 21.0 Å². The number of carbonyl (C=O) groups excluding carboxylic acids is 1. The smallest absolute Gasteiger partial charge is 0.248 e. The second kappa shape index (κ2) is 7.29. The van der Waals surface area contributed by atoms with Crippen molar-refractivity contribution in [3.05, 3.63) is 53.6 Å². The number of aryl methyl sites for hydroxylation is 3. The lowest BCUT2D eigenvalue weighted by molar-refractivity contribution is -0.121. The molecule has 1 unspecified atom stereocenters. The van der Waals surface area contributed by atoms with E-state index in [1.165, 1.54) is 5.56 Å². The normalized spacial score (nSPS) is 12.1. The van der Waals surface area contributed by atoms with E-state index in [9.17, 15) is 4.79 Å². The molecule has 1 aromatic carbocycles. The maximum Gasteiger partial charge on any atom is 0.248 e. The van der Waals surface area contributed by atoms with E-state index in [0.717, 1.165) is 5.56 Å². The molecule has 7 heteroatoms. The van der Waals surface area contributed by atoms with E-state index >= 15 is 0 Å². The molecule has 0 saturated heterocycles. The molecule has 0 aliphatic heterocycles. The van der Waals surface area contributed by atoms with Crippen molar-refractivity contribution in [1.29, 1.82) is 0 Å². The van der Waals surface area contributed by atoms with Gasteiger partial charge in [-0.1, -0.05) is 35.0 Å². The van der Waals surface area contributed by atoms with E-state index < -0.39 is 0 Å². The molecule has 0 aliphatic carbocycles. The summed E-state index contributed by atoms with van der Waals surface area (Å²) >= 11 is 0. The first-order chi connectivity index (χ1) is 12.0. The third-order valence-electron chi connectivity index (χ3n) is 3.75. The molecule has 25 heavy (non-hydrogen) atoms. The summed E-state index contributed by atoms with van der Waals surface area (Å²) in [6.07, 6.45) is 2.38. The fourth-order valence-corrected chi connectivity index (χ4v) is 2.36. The minimum Gasteiger partial charge on any atom is -0.441 e. The van der Waals surface area contributed by atoms with Crippen LogP contribution in [0.1, 0.15) is 42.6 Å². The number of benzene rings is 1. The fourth-order valence-electron chi connectivity index (χ4n) is 2.36. The Kier molecular flexibility index (Phi) is 4.92. The monoisotopic (exact) mass is 340 g/mol. The van der Waals surface area contributed by atoms with E-state index in [0.29, 0.717) is 29.8 Å². The summed E-state index contributed by atoms with van der Waals surface area (Å²) in [5.41, 5.74) is 2.15. The molecule has 1 atom stereocenters. The lowest BCUT2D eigenvalue weighted by Crippen LogP contribution is -2.27. The molecule has 0 saturated carbocycles. The Bertz CT molecular complexity index is 851. The van der Waals surface area contributed by atoms with Crippen molar-refractivity contribution in [2.45, 2.75) is 39.7 Å². The van der Waals surface area contributed by atoms with Gasteiger partial charge in [0.25, 0.3) is 0 Å². The third kappa shape index (κ3) is 4.32. The maximum absolute atomic E-state index is 12.1. The number of rotatable bonds is 6. The highest BCUT2D eigenvalue weighted by Crippen LogP contribution is 2.21. The molecule has 7 nitrogen and oxygen atoms in total. The molecule has 0 fully saturated rings. The van der Waals surface area contributed by atoms with Crippen LogP contribution < -0.4 is 5.32 Å². The van der Waals surface area contributed by atoms with E-state index in [1.807, 2.05) is 31.2 Å². The molecule has 2 aromatic heterocycles. The van der Waals surface area contributed by atoms with Crippen molar-refractivity contribution in [2.24, 2.45) is 0 Å². The summed E-state index contributed by atoms with van der Waals surface area (Å²) < 4.78 is 10.8. The van der Waals surface area contributed by atoms with Crippen LogP contribution in [-0.2, 0) is 11.2 Å². The second-order valence-corrected chi connectivity index (χ2v) is 5.95. The lowest BCUT2D eigenvalue weighted by Gasteiger charge is -2.08. The lowest BCUT2D eigenvalue weighted by atomic mass is 10.1. The summed E-state index contributed by atoms with van der Waals surface area (Å²) in [4.78, 5) is 20.4. The highest BCUT2D eigenvalue weighted by molar-refractivity contribution is 5.76. The van der Waals surface area contributed by atoms with Gasteiger partial charge >= 0.3 is 0 Å². The number of oxazole rings is 1. The Balaban J connectivity index is 1.53. The van der Waals surface area contributed by atoms with Gasteiger partial charge in [-0.15, -0.1) is 0 Å². The van der Waals surface area contributed by atoms with Gasteiger partial charge in [-0.25, -0.2) is 4.98 Å². The summed E-state index contributed by atoms with van der Waals surface area (Å²) in [5, 5.41) is 6.53. The number of nitrogens with zero attached hydrogens (tertiary/aromatic N) is 3. The number of nitrogens with one attached hydrogen (secondary N) is 1. The molecule has 2 heterocycles. The number of carbonyl (C=O) groups is 1. The highest BCUT2D eigenvalue weighted by Gasteiger charge is 2.16. The Hall–Kier alpha value is -2.96. The van der Waals surface area contributed by atoms with E-state index in [-0.39, 0.29) is 18.4 Å². The largest absolute Gasteiger partial charge is 0.441 e. The zero-order valence-corrected chi connectivity index (χ0v) is 14.4. The van der Waals surface area contributed by atoms with Crippen molar-refractivity contribution >= 4 is 5.91 Å². The van der Waals surface area contributed by atoms with Gasteiger partial charge in [0.05, 0.1) is 6.20 Å². The predicted molar refractivity (Wildman–Crippen MR) is 90.6 cm³/mol. The van der Waals surface area contributed by atoms with Crippen LogP contribution in [0.4, 0.5) is 0 Å². The van der Waals surface area contributed by atoms with Crippen molar-refractivity contribution in [3.8, 4) is 11.3 Å². The van der Waals surface area contributed by atoms with Crippen LogP contribution in [0.25, 0.3) is 11.3 Å². The first-order valence-electron chi connectivity index (χ1n) is 8.12. The van der Waals surface area contributed by atoms with Crippen LogP contribution in [0.15, 0.2) is 39.4 Å². The highest BCUT2D eigenvalue weighted by atomic mass is 16.5. The van der Waals surface area contributed by atoms with Crippen LogP contribution >= 0.6 is 0 Å². The third-order valence-corrected chi connectivity index (χ3v) is 3.75. The van der Waals surface area contributed by atoms with E-state index in [1.54, 1.807) is 20.0 Å². The number of hydrogen-bond acceptors (Lipinski definition) is 6. The SMILES string of the molecule is Cc1ccc(-c2cnc(CCC(=O)NC(C)c3nc(C)no3)o2)cc1. The standard InChI is InChI=1S/C18H20N4O3/c1-11-4-6-14(7-5-11)15-10-19-17(24-15)9-8-16(23)20-12(2)18-21-13(3)22-25-18/h4-7,10,12H,8-9H2,1-3H3,(H,20,23). The van der Waals surface area contributed by atoms with Crippen molar-refractivity contribution in [1.82, 2.24) is 20.4 Å². The predicted octanol–water partition coefficient (Wildman–Crippen LogP) is 3.15. The minimum absolute atomic E-state index is 0.126. The number of amides is 1. The zero-order valence-electron chi connectivity index (χ0n) is 14.4. The molecule has 0 aliphatic rings. The molecule has 130 valence electrons. The van der Waals surface area contributed by atoms with Gasteiger partial charge in [0.2, 0.25) is 11.8 Å². The van der Waals surface area contributed by atoms with E-state index in [2.05, 4.69) is 20.4 Å². The van der Waals surface area contributed by atoms with Crippen LogP contribution in [0, 0.1) is 13.8 Å². The quantitative estimate of drug-likeness (QED) is 0.741. The van der Waals surface area contributed by atoms with Crippen LogP contribution in [0.5, 0.6) is 0 Å². The van der Waals surface area contributed by atoms with Gasteiger partial charge in [-0.05, 0) is 20.8 Å².